The van der Waals surface area contributed by atoms with E-state index in [4.69, 9.17) is 9.47 Å². The number of methoxy groups -OCH3 is 2. The van der Waals surface area contributed by atoms with Gasteiger partial charge in [-0.2, -0.15) is 5.11 Å². The number of nitrogens with zero attached hydrogens (tertiary/aromatic N) is 3. The molecule has 3 rings (SSSR count). The highest BCUT2D eigenvalue weighted by Crippen LogP contribution is 2.35. The Hall–Kier alpha value is -2.44. The van der Waals surface area contributed by atoms with Gasteiger partial charge < -0.3 is 9.47 Å². The van der Waals surface area contributed by atoms with Gasteiger partial charge in [0.2, 0.25) is 0 Å². The van der Waals surface area contributed by atoms with Crippen LogP contribution in [0.25, 0.3) is 0 Å². The molecule has 6 nitrogen and oxygen atoms in total. The van der Waals surface area contributed by atoms with Crippen LogP contribution in [0.4, 0.5) is 11.4 Å². The first-order valence-electron chi connectivity index (χ1n) is 7.44. The molecule has 0 spiro atoms. The third-order valence-electron chi connectivity index (χ3n) is 4.19. The van der Waals surface area contributed by atoms with E-state index < -0.39 is 0 Å². The molecule has 0 saturated heterocycles. The average molecular weight is 313 g/mol. The van der Waals surface area contributed by atoms with Crippen molar-refractivity contribution in [3.05, 3.63) is 48.0 Å². The normalized spacial score (nSPS) is 20.7. The number of benzene rings is 2. The molecular formula is C17H21N4O2+. The number of ether oxygens (including phenoxy) is 2. The number of hydrogen-bond donors (Lipinski definition) is 1. The number of nitrogens with one attached hydrogen (secondary N) is 1. The molecule has 0 aromatic heterocycles. The van der Waals surface area contributed by atoms with Gasteiger partial charge in [-0.1, -0.05) is 12.1 Å². The Labute approximate surface area is 135 Å². The molecule has 1 heterocycles. The second-order valence-electron chi connectivity index (χ2n) is 5.41. The molecule has 2 aromatic rings. The van der Waals surface area contributed by atoms with Crippen molar-refractivity contribution in [1.29, 1.82) is 0 Å². The smallest absolute Gasteiger partial charge is 0.200 e. The van der Waals surface area contributed by atoms with Gasteiger partial charge in [0.15, 0.2) is 11.9 Å². The summed E-state index contributed by atoms with van der Waals surface area (Å²) in [5.74, 6) is 1.37. The van der Waals surface area contributed by atoms with E-state index in [0.29, 0.717) is 11.4 Å². The van der Waals surface area contributed by atoms with Crippen molar-refractivity contribution < 1.29 is 14.5 Å². The van der Waals surface area contributed by atoms with Gasteiger partial charge in [0.05, 0.1) is 26.8 Å². The van der Waals surface area contributed by atoms with E-state index >= 15 is 0 Å². The van der Waals surface area contributed by atoms with E-state index in [9.17, 15) is 0 Å². The molecule has 120 valence electrons. The second-order valence-corrected chi connectivity index (χ2v) is 5.41. The third kappa shape index (κ3) is 2.78. The molecule has 1 aliphatic heterocycles. The summed E-state index contributed by atoms with van der Waals surface area (Å²) in [6.07, 6.45) is -0.113. The Morgan fingerprint density at radius 2 is 1.87 bits per heavy atom. The number of quaternary nitrogens is 1. The van der Waals surface area contributed by atoms with Crippen LogP contribution in [0.2, 0.25) is 0 Å². The highest BCUT2D eigenvalue weighted by atomic mass is 16.5. The van der Waals surface area contributed by atoms with E-state index in [2.05, 4.69) is 34.4 Å². The summed E-state index contributed by atoms with van der Waals surface area (Å²) in [5.41, 5.74) is 3.08. The van der Waals surface area contributed by atoms with Gasteiger partial charge in [-0.3, -0.25) is 0 Å². The van der Waals surface area contributed by atoms with Crippen LogP contribution < -0.4 is 14.5 Å². The highest BCUT2D eigenvalue weighted by Gasteiger charge is 2.36. The van der Waals surface area contributed by atoms with Crippen LogP contribution in [-0.4, -0.2) is 33.3 Å². The van der Waals surface area contributed by atoms with Gasteiger partial charge in [0, 0.05) is 19.2 Å². The maximum absolute atomic E-state index is 5.37. The Bertz CT molecular complexity index is 732. The molecule has 2 unspecified atom stereocenters. The Kier molecular flexibility index (Phi) is 4.27. The van der Waals surface area contributed by atoms with Crippen LogP contribution in [-0.2, 0) is 0 Å². The van der Waals surface area contributed by atoms with Crippen LogP contribution in [0.3, 0.4) is 0 Å². The Morgan fingerprint density at radius 3 is 2.61 bits per heavy atom. The molecule has 0 aliphatic carbocycles. The lowest BCUT2D eigenvalue weighted by Crippen LogP contribution is -3.08. The monoisotopic (exact) mass is 313 g/mol. The highest BCUT2D eigenvalue weighted by molar-refractivity contribution is 5.54. The molecule has 1 aliphatic rings. The second kappa shape index (κ2) is 6.36. The van der Waals surface area contributed by atoms with Gasteiger partial charge in [-0.25, -0.2) is 5.01 Å². The molecule has 0 saturated carbocycles. The zero-order valence-electron chi connectivity index (χ0n) is 13.8. The fourth-order valence-corrected chi connectivity index (χ4v) is 2.76. The van der Waals surface area contributed by atoms with Gasteiger partial charge in [0.1, 0.15) is 17.2 Å². The Morgan fingerprint density at radius 1 is 1.09 bits per heavy atom. The molecular weight excluding hydrogens is 292 g/mol. The maximum Gasteiger partial charge on any atom is 0.200 e. The molecule has 2 atom stereocenters. The first-order chi connectivity index (χ1) is 11.2. The van der Waals surface area contributed by atoms with E-state index in [0.717, 1.165) is 5.75 Å². The standard InChI is InChI=1S/C17H20N4O2/c1-20-15-8-6-5-7-13(15)17(21(20)2)19-18-14-10-9-12(22-3)11-16(14)23-4/h5-11,17H,1-4H3/p+1. The van der Waals surface area contributed by atoms with E-state index in [1.165, 1.54) is 16.3 Å². The maximum atomic E-state index is 5.37. The number of fused-ring (bicyclic) bond motifs is 1. The van der Waals surface area contributed by atoms with Gasteiger partial charge in [-0.05, 0) is 18.2 Å². The summed E-state index contributed by atoms with van der Waals surface area (Å²) >= 11 is 0. The average Bonchev–Trinajstić information content (AvgIpc) is 2.84. The molecule has 0 bridgehead atoms. The first-order valence-corrected chi connectivity index (χ1v) is 7.44. The van der Waals surface area contributed by atoms with Gasteiger partial charge in [-0.15, -0.1) is 10.1 Å². The number of rotatable bonds is 4. The minimum Gasteiger partial charge on any atom is -0.497 e. The lowest BCUT2D eigenvalue weighted by atomic mass is 10.1. The van der Waals surface area contributed by atoms with Crippen LogP contribution in [0.5, 0.6) is 11.5 Å². The lowest BCUT2D eigenvalue weighted by molar-refractivity contribution is -0.934. The van der Waals surface area contributed by atoms with E-state index in [-0.39, 0.29) is 6.17 Å². The zero-order chi connectivity index (χ0) is 16.4. The topological polar surface area (TPSA) is 50.9 Å². The van der Waals surface area contributed by atoms with Crippen LogP contribution in [0.1, 0.15) is 11.7 Å². The van der Waals surface area contributed by atoms with Crippen molar-refractivity contribution in [2.45, 2.75) is 6.17 Å². The molecule has 0 radical (unpaired) electrons. The molecule has 0 amide bonds. The SMILES string of the molecule is COc1ccc(N=NC2c3ccccc3[NH+](C)N2C)c(OC)c1. The van der Waals surface area contributed by atoms with E-state index in [1.54, 1.807) is 20.3 Å². The quantitative estimate of drug-likeness (QED) is 0.882. The minimum absolute atomic E-state index is 0.113. The minimum atomic E-state index is -0.113. The first kappa shape index (κ1) is 15.5. The molecule has 0 fully saturated rings. The molecule has 23 heavy (non-hydrogen) atoms. The molecule has 1 N–H and O–H groups in total. The summed E-state index contributed by atoms with van der Waals surface area (Å²) in [6, 6.07) is 13.8. The summed E-state index contributed by atoms with van der Waals surface area (Å²) < 4.78 is 10.6. The number of hydrogen-bond acceptors (Lipinski definition) is 5. The van der Waals surface area contributed by atoms with Crippen molar-refractivity contribution >= 4 is 11.4 Å². The fourth-order valence-electron chi connectivity index (χ4n) is 2.76. The summed E-state index contributed by atoms with van der Waals surface area (Å²) in [6.45, 7) is 0. The Balaban J connectivity index is 1.92. The van der Waals surface area contributed by atoms with Crippen molar-refractivity contribution in [1.82, 2.24) is 5.01 Å². The van der Waals surface area contributed by atoms with Crippen molar-refractivity contribution in [2.24, 2.45) is 10.2 Å². The summed E-state index contributed by atoms with van der Waals surface area (Å²) in [4.78, 5) is 0. The van der Waals surface area contributed by atoms with Crippen LogP contribution >= 0.6 is 0 Å². The van der Waals surface area contributed by atoms with Crippen LogP contribution in [0.15, 0.2) is 52.7 Å². The van der Waals surface area contributed by atoms with Crippen LogP contribution in [0, 0.1) is 0 Å². The van der Waals surface area contributed by atoms with Gasteiger partial charge >= 0.3 is 0 Å². The van der Waals surface area contributed by atoms with Crippen molar-refractivity contribution in [2.75, 3.05) is 28.3 Å². The summed E-state index contributed by atoms with van der Waals surface area (Å²) in [7, 11) is 7.37. The number of para-hydroxylation sites is 1. The van der Waals surface area contributed by atoms with Crippen molar-refractivity contribution in [3.8, 4) is 11.5 Å². The number of azo groups is 1. The zero-order valence-corrected chi connectivity index (χ0v) is 13.8. The molecule has 2 aromatic carbocycles. The molecule has 6 heteroatoms. The third-order valence-corrected chi connectivity index (χ3v) is 4.19. The fraction of sp³-hybridized carbons (Fsp3) is 0.294. The largest absolute Gasteiger partial charge is 0.497 e. The van der Waals surface area contributed by atoms with Crippen molar-refractivity contribution in [3.63, 3.8) is 0 Å². The summed E-state index contributed by atoms with van der Waals surface area (Å²) in [5, 5.41) is 12.3. The van der Waals surface area contributed by atoms with E-state index in [1.807, 2.05) is 31.3 Å². The predicted octanol–water partition coefficient (Wildman–Crippen LogP) is 2.49. The predicted molar refractivity (Wildman–Crippen MR) is 87.6 cm³/mol. The lowest BCUT2D eigenvalue weighted by Gasteiger charge is -2.17. The van der Waals surface area contributed by atoms with Gasteiger partial charge in [0.25, 0.3) is 0 Å².